The van der Waals surface area contributed by atoms with Crippen LogP contribution in [0.1, 0.15) is 56.0 Å². The first kappa shape index (κ1) is 25.0. The Bertz CT molecular complexity index is 1050. The first-order valence-electron chi connectivity index (χ1n) is 11.7. The predicted molar refractivity (Wildman–Crippen MR) is 130 cm³/mol. The third-order valence-electron chi connectivity index (χ3n) is 6.09. The molecule has 34 heavy (non-hydrogen) atoms. The van der Waals surface area contributed by atoms with Crippen LogP contribution in [0.3, 0.4) is 0 Å². The first-order valence-corrected chi connectivity index (χ1v) is 11.7. The molecule has 1 atom stereocenters. The molecule has 2 aromatic carbocycles. The molecule has 1 unspecified atom stereocenters. The van der Waals surface area contributed by atoms with Crippen molar-refractivity contribution in [3.05, 3.63) is 65.7 Å². The van der Waals surface area contributed by atoms with Gasteiger partial charge in [0.15, 0.2) is 0 Å². The molecule has 0 radical (unpaired) electrons. The second kappa shape index (κ2) is 11.0. The molecule has 3 rings (SSSR count). The monoisotopic (exact) mass is 464 g/mol. The quantitative estimate of drug-likeness (QED) is 0.523. The van der Waals surface area contributed by atoms with Gasteiger partial charge in [-0.15, -0.1) is 0 Å². The van der Waals surface area contributed by atoms with Crippen molar-refractivity contribution in [2.75, 3.05) is 25.0 Å². The number of imide groups is 1. The highest BCUT2D eigenvalue weighted by Gasteiger charge is 2.52. The molecule has 0 saturated carbocycles. The Balaban J connectivity index is 1.75. The summed E-state index contributed by atoms with van der Waals surface area (Å²) >= 11 is 0. The zero-order chi connectivity index (χ0) is 24.7. The number of amides is 5. The number of unbranched alkanes of at least 4 members (excludes halogenated alkanes) is 1. The van der Waals surface area contributed by atoms with E-state index < -0.39 is 29.9 Å². The molecule has 1 aliphatic heterocycles. The highest BCUT2D eigenvalue weighted by atomic mass is 16.2. The number of nitrogens with one attached hydrogen (secondary N) is 2. The molecule has 180 valence electrons. The van der Waals surface area contributed by atoms with E-state index in [-0.39, 0.29) is 5.91 Å². The number of carbonyl (C=O) groups is 4. The molecule has 1 fully saturated rings. The molecule has 1 heterocycles. The molecule has 8 heteroatoms. The number of hydrogen-bond donors (Lipinski definition) is 2. The van der Waals surface area contributed by atoms with Gasteiger partial charge >= 0.3 is 6.03 Å². The minimum absolute atomic E-state index is 0.126. The normalized spacial score (nSPS) is 17.4. The van der Waals surface area contributed by atoms with Crippen molar-refractivity contribution in [1.82, 2.24) is 15.1 Å². The van der Waals surface area contributed by atoms with Gasteiger partial charge in [-0.1, -0.05) is 56.2 Å². The lowest BCUT2D eigenvalue weighted by Gasteiger charge is -2.27. The van der Waals surface area contributed by atoms with E-state index in [1.54, 1.807) is 29.2 Å². The van der Waals surface area contributed by atoms with Crippen molar-refractivity contribution >= 4 is 29.4 Å². The second-order valence-corrected chi connectivity index (χ2v) is 8.30. The maximum Gasteiger partial charge on any atom is 0.325 e. The van der Waals surface area contributed by atoms with E-state index in [2.05, 4.69) is 10.6 Å². The number of carbonyl (C=O) groups excluding carboxylic acids is 4. The maximum absolute atomic E-state index is 13.4. The van der Waals surface area contributed by atoms with Crippen molar-refractivity contribution < 1.29 is 19.2 Å². The lowest BCUT2D eigenvalue weighted by Crippen LogP contribution is -2.44. The lowest BCUT2D eigenvalue weighted by molar-refractivity contribution is -0.134. The number of nitrogens with zero attached hydrogens (tertiary/aromatic N) is 2. The van der Waals surface area contributed by atoms with Crippen LogP contribution in [0.4, 0.5) is 10.5 Å². The summed E-state index contributed by atoms with van der Waals surface area (Å²) in [7, 11) is 0. The summed E-state index contributed by atoms with van der Waals surface area (Å²) in [4.78, 5) is 54.2. The third-order valence-corrected chi connectivity index (χ3v) is 6.09. The molecule has 0 aromatic heterocycles. The van der Waals surface area contributed by atoms with Crippen LogP contribution >= 0.6 is 0 Å². The summed E-state index contributed by atoms with van der Waals surface area (Å²) in [6.45, 7) is 6.57. The number of anilines is 1. The van der Waals surface area contributed by atoms with Gasteiger partial charge in [-0.05, 0) is 44.0 Å². The van der Waals surface area contributed by atoms with Crippen LogP contribution in [0.15, 0.2) is 54.6 Å². The van der Waals surface area contributed by atoms with Gasteiger partial charge in [-0.25, -0.2) is 4.79 Å². The second-order valence-electron chi connectivity index (χ2n) is 8.30. The van der Waals surface area contributed by atoms with Gasteiger partial charge in [0.25, 0.3) is 11.8 Å². The molecule has 1 saturated heterocycles. The molecule has 2 aromatic rings. The lowest BCUT2D eigenvalue weighted by atomic mass is 9.85. The van der Waals surface area contributed by atoms with E-state index in [0.29, 0.717) is 36.3 Å². The van der Waals surface area contributed by atoms with Gasteiger partial charge in [-0.2, -0.15) is 0 Å². The van der Waals surface area contributed by atoms with E-state index >= 15 is 0 Å². The van der Waals surface area contributed by atoms with Gasteiger partial charge in [0, 0.05) is 24.3 Å². The molecule has 1 aliphatic rings. The molecule has 0 bridgehead atoms. The molecule has 5 amide bonds. The fourth-order valence-electron chi connectivity index (χ4n) is 4.21. The fraction of sp³-hybridized carbons (Fsp3) is 0.385. The Morgan fingerprint density at radius 1 is 1.00 bits per heavy atom. The van der Waals surface area contributed by atoms with E-state index in [1.165, 1.54) is 0 Å². The Kier molecular flexibility index (Phi) is 8.04. The van der Waals surface area contributed by atoms with Crippen LogP contribution < -0.4 is 10.6 Å². The Morgan fingerprint density at radius 2 is 1.71 bits per heavy atom. The predicted octanol–water partition coefficient (Wildman–Crippen LogP) is 3.74. The Hall–Kier alpha value is -3.68. The Morgan fingerprint density at radius 3 is 2.35 bits per heavy atom. The molecule has 8 nitrogen and oxygen atoms in total. The summed E-state index contributed by atoms with van der Waals surface area (Å²) in [5.74, 6) is -1.08. The summed E-state index contributed by atoms with van der Waals surface area (Å²) in [5.41, 5.74) is 0.409. The van der Waals surface area contributed by atoms with Crippen LogP contribution in [0, 0.1) is 0 Å². The summed E-state index contributed by atoms with van der Waals surface area (Å²) in [5, 5.41) is 5.55. The van der Waals surface area contributed by atoms with Crippen molar-refractivity contribution in [2.45, 2.75) is 45.6 Å². The smallest absolute Gasteiger partial charge is 0.325 e. The SMILES string of the molecule is CCCCC1(c2ccccc2)NC(=O)N(CC(=O)Nc2cccc(C(=O)N(CC)CC)c2)C1=O. The zero-order valence-electron chi connectivity index (χ0n) is 20.0. The van der Waals surface area contributed by atoms with E-state index in [9.17, 15) is 19.2 Å². The molecular weight excluding hydrogens is 432 g/mol. The fourth-order valence-corrected chi connectivity index (χ4v) is 4.21. The Labute approximate surface area is 200 Å². The largest absolute Gasteiger partial charge is 0.339 e. The van der Waals surface area contributed by atoms with Crippen molar-refractivity contribution in [3.8, 4) is 0 Å². The van der Waals surface area contributed by atoms with Gasteiger partial charge in [0.05, 0.1) is 0 Å². The summed E-state index contributed by atoms with van der Waals surface area (Å²) in [6, 6.07) is 15.2. The standard InChI is InChI=1S/C26H32N4O4/c1-4-7-16-26(20-13-9-8-10-14-20)24(33)30(25(34)28-26)18-22(31)27-21-15-11-12-19(17-21)23(32)29(5-2)6-3/h8-15,17H,4-7,16,18H2,1-3H3,(H,27,31)(H,28,34). The first-order chi connectivity index (χ1) is 16.4. The molecule has 0 aliphatic carbocycles. The molecular formula is C26H32N4O4. The number of hydrogen-bond acceptors (Lipinski definition) is 4. The van der Waals surface area contributed by atoms with Gasteiger partial charge in [0.1, 0.15) is 12.1 Å². The summed E-state index contributed by atoms with van der Waals surface area (Å²) < 4.78 is 0. The van der Waals surface area contributed by atoms with Gasteiger partial charge < -0.3 is 15.5 Å². The minimum atomic E-state index is -1.18. The highest BCUT2D eigenvalue weighted by molar-refractivity contribution is 6.10. The number of urea groups is 1. The van der Waals surface area contributed by atoms with E-state index in [1.807, 2.05) is 51.1 Å². The van der Waals surface area contributed by atoms with Crippen LogP contribution in [0.25, 0.3) is 0 Å². The maximum atomic E-state index is 13.4. The van der Waals surface area contributed by atoms with Gasteiger partial charge in [-0.3, -0.25) is 19.3 Å². The van der Waals surface area contributed by atoms with Crippen LogP contribution in [-0.4, -0.2) is 53.2 Å². The highest BCUT2D eigenvalue weighted by Crippen LogP contribution is 2.34. The van der Waals surface area contributed by atoms with Crippen molar-refractivity contribution in [2.24, 2.45) is 0 Å². The number of rotatable bonds is 10. The number of benzene rings is 2. The average molecular weight is 465 g/mol. The van der Waals surface area contributed by atoms with Crippen LogP contribution in [0.5, 0.6) is 0 Å². The van der Waals surface area contributed by atoms with Crippen LogP contribution in [-0.2, 0) is 15.1 Å². The molecule has 2 N–H and O–H groups in total. The van der Waals surface area contributed by atoms with Crippen molar-refractivity contribution in [1.29, 1.82) is 0 Å². The summed E-state index contributed by atoms with van der Waals surface area (Å²) in [6.07, 6.45) is 2.06. The van der Waals surface area contributed by atoms with E-state index in [0.717, 1.165) is 17.7 Å². The van der Waals surface area contributed by atoms with Crippen LogP contribution in [0.2, 0.25) is 0 Å². The van der Waals surface area contributed by atoms with E-state index in [4.69, 9.17) is 0 Å². The average Bonchev–Trinajstić information content (AvgIpc) is 3.09. The molecule has 0 spiro atoms. The van der Waals surface area contributed by atoms with Gasteiger partial charge in [0.2, 0.25) is 5.91 Å². The zero-order valence-corrected chi connectivity index (χ0v) is 20.0. The van der Waals surface area contributed by atoms with Crippen molar-refractivity contribution in [3.63, 3.8) is 0 Å². The topological polar surface area (TPSA) is 98.8 Å². The third kappa shape index (κ3) is 5.11. The minimum Gasteiger partial charge on any atom is -0.339 e.